The minimum absolute atomic E-state index is 0.0115. The van der Waals surface area contributed by atoms with E-state index in [1.165, 1.54) is 16.2 Å². The van der Waals surface area contributed by atoms with Gasteiger partial charge < -0.3 is 10.6 Å². The molecular formula is C27H20N6O3S2. The van der Waals surface area contributed by atoms with Crippen molar-refractivity contribution < 1.29 is 14.4 Å². The van der Waals surface area contributed by atoms with Crippen LogP contribution in [0.4, 0.5) is 16.5 Å². The highest BCUT2D eigenvalue weighted by Crippen LogP contribution is 2.27. The Morgan fingerprint density at radius 3 is 2.39 bits per heavy atom. The number of carbonyl (C=O) groups is 3. The largest absolute Gasteiger partial charge is 0.332 e. The third-order valence-electron chi connectivity index (χ3n) is 5.58. The smallest absolute Gasteiger partial charge is 0.271 e. The quantitative estimate of drug-likeness (QED) is 0.139. The molecule has 0 radical (unpaired) electrons. The number of hydrazone groups is 1. The second-order valence-corrected chi connectivity index (χ2v) is 9.35. The highest BCUT2D eigenvalue weighted by atomic mass is 32.1. The van der Waals surface area contributed by atoms with Gasteiger partial charge in [0.2, 0.25) is 5.91 Å². The van der Waals surface area contributed by atoms with Crippen molar-refractivity contribution in [3.05, 3.63) is 95.9 Å². The molecule has 0 bridgehead atoms. The lowest BCUT2D eigenvalue weighted by atomic mass is 10.1. The molecule has 0 saturated carbocycles. The van der Waals surface area contributed by atoms with Gasteiger partial charge >= 0.3 is 0 Å². The first kappa shape index (κ1) is 24.9. The van der Waals surface area contributed by atoms with E-state index in [0.29, 0.717) is 11.3 Å². The third-order valence-corrected chi connectivity index (χ3v) is 6.62. The lowest BCUT2D eigenvalue weighted by Crippen LogP contribution is -2.58. The summed E-state index contributed by atoms with van der Waals surface area (Å²) in [6.07, 6.45) is 1.09. The number of amides is 3. The van der Waals surface area contributed by atoms with Crippen LogP contribution in [0.5, 0.6) is 0 Å². The van der Waals surface area contributed by atoms with Gasteiger partial charge in [0.25, 0.3) is 11.8 Å². The molecule has 0 spiro atoms. The molecular weight excluding hydrogens is 520 g/mol. The summed E-state index contributed by atoms with van der Waals surface area (Å²) in [5.41, 5.74) is 5.91. The normalized spacial score (nSPS) is 15.4. The highest BCUT2D eigenvalue weighted by molar-refractivity contribution is 7.80. The van der Waals surface area contributed by atoms with Crippen LogP contribution in [-0.2, 0) is 9.59 Å². The molecule has 188 valence electrons. The number of thiazole rings is 1. The summed E-state index contributed by atoms with van der Waals surface area (Å²) in [5, 5.41) is 12.3. The van der Waals surface area contributed by atoms with Gasteiger partial charge in [-0.1, -0.05) is 48.5 Å². The Balaban J connectivity index is 1.19. The number of thiocarbonyl (C=S) groups is 1. The second kappa shape index (κ2) is 11.1. The Kier molecular flexibility index (Phi) is 7.29. The first-order chi connectivity index (χ1) is 18.5. The molecule has 1 saturated heterocycles. The van der Waals surface area contributed by atoms with Gasteiger partial charge in [-0.3, -0.25) is 19.3 Å². The van der Waals surface area contributed by atoms with Gasteiger partial charge in [0.15, 0.2) is 16.2 Å². The standard InChI is InChI=1S/C27H20N6O3S2/c34-23(32-28-15-21-24(35)31-27(37)33(25(21)36)20-9-5-2-6-10-20)18-11-13-19(14-12-18)29-26-30-22(16-38-26)17-7-3-1-4-8-17/h1-16,21H,(H,29,30)(H,32,34)(H,31,35,37)/b28-15-/t21-/m0/s1. The molecule has 1 aromatic heterocycles. The Morgan fingerprint density at radius 2 is 1.68 bits per heavy atom. The van der Waals surface area contributed by atoms with Crippen LogP contribution in [0.15, 0.2) is 95.4 Å². The summed E-state index contributed by atoms with van der Waals surface area (Å²) in [5.74, 6) is -2.91. The summed E-state index contributed by atoms with van der Waals surface area (Å²) in [4.78, 5) is 43.6. The van der Waals surface area contributed by atoms with E-state index in [0.717, 1.165) is 28.3 Å². The minimum Gasteiger partial charge on any atom is -0.332 e. The van der Waals surface area contributed by atoms with E-state index < -0.39 is 23.6 Å². The van der Waals surface area contributed by atoms with E-state index in [2.05, 4.69) is 26.1 Å². The van der Waals surface area contributed by atoms with Crippen LogP contribution >= 0.6 is 23.6 Å². The van der Waals surface area contributed by atoms with E-state index in [4.69, 9.17) is 12.2 Å². The van der Waals surface area contributed by atoms with Crippen molar-refractivity contribution in [1.29, 1.82) is 0 Å². The molecule has 2 heterocycles. The molecule has 11 heteroatoms. The van der Waals surface area contributed by atoms with Crippen LogP contribution in [0.2, 0.25) is 0 Å². The van der Waals surface area contributed by atoms with Crippen LogP contribution < -0.4 is 21.0 Å². The lowest BCUT2D eigenvalue weighted by Gasteiger charge is -2.30. The van der Waals surface area contributed by atoms with Crippen molar-refractivity contribution in [1.82, 2.24) is 15.7 Å². The zero-order chi connectivity index (χ0) is 26.5. The van der Waals surface area contributed by atoms with Crippen molar-refractivity contribution >= 4 is 69.1 Å². The van der Waals surface area contributed by atoms with Gasteiger partial charge in [-0.05, 0) is 48.6 Å². The van der Waals surface area contributed by atoms with E-state index in [1.54, 1.807) is 54.6 Å². The van der Waals surface area contributed by atoms with Crippen LogP contribution in [0.3, 0.4) is 0 Å². The van der Waals surface area contributed by atoms with Gasteiger partial charge in [-0.15, -0.1) is 11.3 Å². The maximum Gasteiger partial charge on any atom is 0.271 e. The van der Waals surface area contributed by atoms with Crippen molar-refractivity contribution in [3.63, 3.8) is 0 Å². The predicted molar refractivity (Wildman–Crippen MR) is 151 cm³/mol. The molecule has 5 rings (SSSR count). The van der Waals surface area contributed by atoms with E-state index in [9.17, 15) is 14.4 Å². The number of nitrogens with one attached hydrogen (secondary N) is 3. The van der Waals surface area contributed by atoms with E-state index in [1.807, 2.05) is 35.7 Å². The molecule has 3 amide bonds. The topological polar surface area (TPSA) is 116 Å². The molecule has 1 atom stereocenters. The maximum atomic E-state index is 12.9. The molecule has 1 aliphatic rings. The van der Waals surface area contributed by atoms with Gasteiger partial charge in [0.1, 0.15) is 0 Å². The van der Waals surface area contributed by atoms with Crippen LogP contribution in [0.25, 0.3) is 11.3 Å². The Morgan fingerprint density at radius 1 is 1.00 bits per heavy atom. The number of aromatic nitrogens is 1. The fraction of sp³-hybridized carbons (Fsp3) is 0.0370. The molecule has 0 aliphatic carbocycles. The van der Waals surface area contributed by atoms with E-state index >= 15 is 0 Å². The van der Waals surface area contributed by atoms with Crippen molar-refractivity contribution in [2.75, 3.05) is 10.2 Å². The van der Waals surface area contributed by atoms with Crippen molar-refractivity contribution in [3.8, 4) is 11.3 Å². The third kappa shape index (κ3) is 5.48. The maximum absolute atomic E-state index is 12.9. The lowest BCUT2D eigenvalue weighted by molar-refractivity contribution is -0.130. The molecule has 1 aliphatic heterocycles. The van der Waals surface area contributed by atoms with Crippen LogP contribution in [0.1, 0.15) is 10.4 Å². The van der Waals surface area contributed by atoms with Gasteiger partial charge in [0.05, 0.1) is 11.4 Å². The average Bonchev–Trinajstić information content (AvgIpc) is 3.40. The number of rotatable bonds is 7. The second-order valence-electron chi connectivity index (χ2n) is 8.11. The minimum atomic E-state index is -1.24. The van der Waals surface area contributed by atoms with E-state index in [-0.39, 0.29) is 5.11 Å². The zero-order valence-electron chi connectivity index (χ0n) is 19.7. The molecule has 1 fully saturated rings. The molecule has 4 aromatic rings. The number of benzene rings is 3. The van der Waals surface area contributed by atoms with Crippen LogP contribution in [0, 0.1) is 5.92 Å². The Labute approximate surface area is 227 Å². The monoisotopic (exact) mass is 540 g/mol. The number of hydrogen-bond donors (Lipinski definition) is 3. The van der Waals surface area contributed by atoms with Crippen LogP contribution in [-0.4, -0.2) is 34.0 Å². The number of nitrogens with zero attached hydrogens (tertiary/aromatic N) is 3. The number of hydrogen-bond acceptors (Lipinski definition) is 8. The van der Waals surface area contributed by atoms with Gasteiger partial charge in [-0.25, -0.2) is 10.4 Å². The summed E-state index contributed by atoms with van der Waals surface area (Å²) >= 11 is 6.64. The number of anilines is 3. The van der Waals surface area contributed by atoms with Crippen molar-refractivity contribution in [2.45, 2.75) is 0 Å². The fourth-order valence-corrected chi connectivity index (χ4v) is 4.72. The summed E-state index contributed by atoms with van der Waals surface area (Å²) in [6, 6.07) is 25.4. The van der Waals surface area contributed by atoms with Crippen molar-refractivity contribution in [2.24, 2.45) is 11.0 Å². The summed E-state index contributed by atoms with van der Waals surface area (Å²) in [7, 11) is 0. The Bertz CT molecular complexity index is 1520. The molecule has 38 heavy (non-hydrogen) atoms. The first-order valence-electron chi connectivity index (χ1n) is 11.4. The Hall–Kier alpha value is -4.74. The molecule has 0 unspecified atom stereocenters. The average molecular weight is 541 g/mol. The first-order valence-corrected chi connectivity index (χ1v) is 12.7. The molecule has 9 nitrogen and oxygen atoms in total. The fourth-order valence-electron chi connectivity index (χ4n) is 3.68. The van der Waals surface area contributed by atoms with Gasteiger partial charge in [-0.2, -0.15) is 5.10 Å². The SMILES string of the molecule is O=C(N/N=C\[C@H]1C(=O)NC(=S)N(c2ccccc2)C1=O)c1ccc(Nc2nc(-c3ccccc3)cs2)cc1. The van der Waals surface area contributed by atoms with Gasteiger partial charge in [0, 0.05) is 28.4 Å². The zero-order valence-corrected chi connectivity index (χ0v) is 21.3. The highest BCUT2D eigenvalue weighted by Gasteiger charge is 2.38. The summed E-state index contributed by atoms with van der Waals surface area (Å²) < 4.78 is 0. The number of para-hydroxylation sites is 1. The molecule has 3 aromatic carbocycles. The summed E-state index contributed by atoms with van der Waals surface area (Å²) in [6.45, 7) is 0. The number of carbonyl (C=O) groups excluding carboxylic acids is 3. The predicted octanol–water partition coefficient (Wildman–Crippen LogP) is 4.33. The molecule has 3 N–H and O–H groups in total.